The fourth-order valence-corrected chi connectivity index (χ4v) is 2.46. The van der Waals surface area contributed by atoms with E-state index < -0.39 is 0 Å². The molecule has 0 fully saturated rings. The van der Waals surface area contributed by atoms with Crippen molar-refractivity contribution in [3.05, 3.63) is 33.4 Å². The summed E-state index contributed by atoms with van der Waals surface area (Å²) in [5.74, 6) is 0.927. The Morgan fingerprint density at radius 3 is 2.71 bits per heavy atom. The van der Waals surface area contributed by atoms with Gasteiger partial charge in [-0.15, -0.1) is 0 Å². The quantitative estimate of drug-likeness (QED) is 0.791. The summed E-state index contributed by atoms with van der Waals surface area (Å²) < 4.78 is 1.95. The first-order valence-corrected chi connectivity index (χ1v) is 5.76. The molecular weight excluding hydrogens is 308 g/mol. The van der Waals surface area contributed by atoms with Gasteiger partial charge in [0.15, 0.2) is 0 Å². The molecule has 0 radical (unpaired) electrons. The van der Waals surface area contributed by atoms with Crippen molar-refractivity contribution in [2.24, 2.45) is 0 Å². The third kappa shape index (κ3) is 3.10. The van der Waals surface area contributed by atoms with Crippen LogP contribution < -0.4 is 4.90 Å². The van der Waals surface area contributed by atoms with E-state index in [2.05, 4.69) is 48.3 Å². The van der Waals surface area contributed by atoms with Crippen LogP contribution in [0, 0.1) is 0 Å². The van der Waals surface area contributed by atoms with Crippen molar-refractivity contribution < 1.29 is 0 Å². The molecule has 0 aliphatic heterocycles. The van der Waals surface area contributed by atoms with Crippen LogP contribution >= 0.6 is 31.9 Å². The summed E-state index contributed by atoms with van der Waals surface area (Å²) >= 11 is 6.84. The summed E-state index contributed by atoms with van der Waals surface area (Å²) in [6.45, 7) is 6.69. The molecule has 1 aromatic heterocycles. The molecule has 0 bridgehead atoms. The lowest BCUT2D eigenvalue weighted by atomic mass is 10.3. The summed E-state index contributed by atoms with van der Waals surface area (Å²) in [5, 5.41) is 0. The zero-order chi connectivity index (χ0) is 10.7. The molecule has 0 amide bonds. The van der Waals surface area contributed by atoms with E-state index in [1.165, 1.54) is 0 Å². The van der Waals surface area contributed by atoms with Crippen molar-refractivity contribution in [3.63, 3.8) is 0 Å². The lowest BCUT2D eigenvalue weighted by Crippen LogP contribution is -2.20. The van der Waals surface area contributed by atoms with E-state index in [1.54, 1.807) is 6.20 Å². The second-order valence-electron chi connectivity index (χ2n) is 3.27. The average molecular weight is 320 g/mol. The van der Waals surface area contributed by atoms with E-state index in [0.717, 1.165) is 26.9 Å². The lowest BCUT2D eigenvalue weighted by molar-refractivity contribution is 0.948. The first-order valence-electron chi connectivity index (χ1n) is 4.17. The minimum absolute atomic E-state index is 0.813. The smallest absolute Gasteiger partial charge is 0.142 e. The number of pyridine rings is 1. The summed E-state index contributed by atoms with van der Waals surface area (Å²) in [5.41, 5.74) is 1.11. The minimum atomic E-state index is 0.813. The van der Waals surface area contributed by atoms with Crippen molar-refractivity contribution in [2.75, 3.05) is 18.5 Å². The molecule has 0 atom stereocenters. The third-order valence-electron chi connectivity index (χ3n) is 1.66. The van der Waals surface area contributed by atoms with Crippen LogP contribution in [-0.2, 0) is 0 Å². The largest absolute Gasteiger partial charge is 0.355 e. The predicted octanol–water partition coefficient (Wildman–Crippen LogP) is 3.62. The van der Waals surface area contributed by atoms with Gasteiger partial charge in [-0.2, -0.15) is 0 Å². The van der Waals surface area contributed by atoms with E-state index in [0.29, 0.717) is 0 Å². The van der Waals surface area contributed by atoms with E-state index >= 15 is 0 Å². The van der Waals surface area contributed by atoms with Crippen LogP contribution in [-0.4, -0.2) is 18.6 Å². The van der Waals surface area contributed by atoms with Crippen LogP contribution in [0.4, 0.5) is 5.82 Å². The summed E-state index contributed by atoms with van der Waals surface area (Å²) in [6.07, 6.45) is 1.79. The second kappa shape index (κ2) is 4.94. The van der Waals surface area contributed by atoms with Crippen LogP contribution in [0.3, 0.4) is 0 Å². The average Bonchev–Trinajstić information content (AvgIpc) is 2.01. The molecule has 0 unspecified atom stereocenters. The van der Waals surface area contributed by atoms with Gasteiger partial charge in [0.05, 0.1) is 4.47 Å². The van der Waals surface area contributed by atoms with Gasteiger partial charge in [0, 0.05) is 24.3 Å². The maximum atomic E-state index is 4.32. The highest BCUT2D eigenvalue weighted by atomic mass is 79.9. The fraction of sp³-hybridized carbons (Fsp3) is 0.300. The second-order valence-corrected chi connectivity index (χ2v) is 5.04. The minimum Gasteiger partial charge on any atom is -0.355 e. The molecule has 0 aromatic carbocycles. The molecule has 0 aliphatic carbocycles. The summed E-state index contributed by atoms with van der Waals surface area (Å²) in [4.78, 5) is 6.38. The number of anilines is 1. The Labute approximate surface area is 101 Å². The zero-order valence-electron chi connectivity index (χ0n) is 8.22. The van der Waals surface area contributed by atoms with Crippen molar-refractivity contribution in [1.82, 2.24) is 4.98 Å². The van der Waals surface area contributed by atoms with Gasteiger partial charge < -0.3 is 4.90 Å². The SMILES string of the molecule is C=C(C)CN(C)c1ncc(Br)cc1Br. The normalized spacial score (nSPS) is 10.0. The maximum absolute atomic E-state index is 4.32. The highest BCUT2D eigenvalue weighted by Gasteiger charge is 2.07. The molecule has 76 valence electrons. The van der Waals surface area contributed by atoms with Crippen molar-refractivity contribution in [2.45, 2.75) is 6.92 Å². The number of nitrogens with zero attached hydrogens (tertiary/aromatic N) is 2. The predicted molar refractivity (Wildman–Crippen MR) is 67.7 cm³/mol. The Balaban J connectivity index is 2.90. The van der Waals surface area contributed by atoms with Gasteiger partial charge >= 0.3 is 0 Å². The van der Waals surface area contributed by atoms with E-state index in [4.69, 9.17) is 0 Å². The van der Waals surface area contributed by atoms with Gasteiger partial charge in [-0.1, -0.05) is 12.2 Å². The van der Waals surface area contributed by atoms with Gasteiger partial charge in [-0.3, -0.25) is 0 Å². The van der Waals surface area contributed by atoms with E-state index in [9.17, 15) is 0 Å². The Kier molecular flexibility index (Phi) is 4.13. The Hall–Kier alpha value is -0.350. The van der Waals surface area contributed by atoms with Gasteiger partial charge in [0.1, 0.15) is 5.82 Å². The van der Waals surface area contributed by atoms with Gasteiger partial charge in [0.25, 0.3) is 0 Å². The topological polar surface area (TPSA) is 16.1 Å². The molecule has 2 nitrogen and oxygen atoms in total. The molecule has 0 saturated heterocycles. The van der Waals surface area contributed by atoms with Crippen molar-refractivity contribution in [1.29, 1.82) is 0 Å². The van der Waals surface area contributed by atoms with Crippen molar-refractivity contribution >= 4 is 37.7 Å². The number of aromatic nitrogens is 1. The van der Waals surface area contributed by atoms with Crippen LogP contribution in [0.15, 0.2) is 33.4 Å². The molecule has 0 saturated carbocycles. The summed E-state index contributed by atoms with van der Waals surface area (Å²) in [6, 6.07) is 1.98. The highest BCUT2D eigenvalue weighted by molar-refractivity contribution is 9.11. The highest BCUT2D eigenvalue weighted by Crippen LogP contribution is 2.26. The van der Waals surface area contributed by atoms with Crippen LogP contribution in [0.2, 0.25) is 0 Å². The van der Waals surface area contributed by atoms with Crippen LogP contribution in [0.1, 0.15) is 6.92 Å². The number of hydrogen-bond donors (Lipinski definition) is 0. The molecule has 14 heavy (non-hydrogen) atoms. The molecular formula is C10H12Br2N2. The number of halogens is 2. The first kappa shape index (κ1) is 11.7. The molecule has 1 rings (SSSR count). The standard InChI is InChI=1S/C10H12Br2N2/c1-7(2)6-14(3)10-9(12)4-8(11)5-13-10/h4-5H,1,6H2,2-3H3. The number of rotatable bonds is 3. The van der Waals surface area contributed by atoms with Crippen LogP contribution in [0.5, 0.6) is 0 Å². The summed E-state index contributed by atoms with van der Waals surface area (Å²) in [7, 11) is 2.00. The van der Waals surface area contributed by atoms with Crippen molar-refractivity contribution in [3.8, 4) is 0 Å². The van der Waals surface area contributed by atoms with E-state index in [1.807, 2.05) is 20.0 Å². The third-order valence-corrected chi connectivity index (χ3v) is 2.67. The monoisotopic (exact) mass is 318 g/mol. The maximum Gasteiger partial charge on any atom is 0.142 e. The fourth-order valence-electron chi connectivity index (χ4n) is 1.17. The lowest BCUT2D eigenvalue weighted by Gasteiger charge is -2.19. The van der Waals surface area contributed by atoms with Gasteiger partial charge in [0.2, 0.25) is 0 Å². The van der Waals surface area contributed by atoms with Gasteiger partial charge in [-0.05, 0) is 44.8 Å². The van der Waals surface area contributed by atoms with Gasteiger partial charge in [-0.25, -0.2) is 4.98 Å². The Morgan fingerprint density at radius 1 is 1.57 bits per heavy atom. The van der Waals surface area contributed by atoms with E-state index in [-0.39, 0.29) is 0 Å². The number of hydrogen-bond acceptors (Lipinski definition) is 2. The zero-order valence-corrected chi connectivity index (χ0v) is 11.4. The molecule has 4 heteroatoms. The number of likely N-dealkylation sites (N-methyl/N-ethyl adjacent to an activating group) is 1. The molecule has 0 spiro atoms. The Morgan fingerprint density at radius 2 is 2.21 bits per heavy atom. The molecule has 0 aliphatic rings. The van der Waals surface area contributed by atoms with Crippen LogP contribution in [0.25, 0.3) is 0 Å². The Bertz CT molecular complexity index is 350. The molecule has 1 heterocycles. The first-order chi connectivity index (χ1) is 6.50. The molecule has 0 N–H and O–H groups in total. The molecule has 1 aromatic rings.